The van der Waals surface area contributed by atoms with E-state index < -0.39 is 0 Å². The van der Waals surface area contributed by atoms with Gasteiger partial charge in [-0.25, -0.2) is 0 Å². The summed E-state index contributed by atoms with van der Waals surface area (Å²) in [5, 5.41) is 9.05. The summed E-state index contributed by atoms with van der Waals surface area (Å²) < 4.78 is 11.1. The van der Waals surface area contributed by atoms with Crippen molar-refractivity contribution in [1.82, 2.24) is 4.90 Å². The molecule has 0 atom stereocenters. The Bertz CT molecular complexity index is 380. The molecular weight excluding hydrogens is 242 g/mol. The maximum Gasteiger partial charge on any atom is 0.127 e. The van der Waals surface area contributed by atoms with Crippen LogP contribution in [0.4, 0.5) is 0 Å². The van der Waals surface area contributed by atoms with Crippen LogP contribution in [0.1, 0.15) is 26.3 Å². The van der Waals surface area contributed by atoms with Crippen LogP contribution < -0.4 is 9.47 Å². The minimum atomic E-state index is 0.124. The molecule has 4 heteroatoms. The van der Waals surface area contributed by atoms with Crippen molar-refractivity contribution in [2.24, 2.45) is 0 Å². The highest BCUT2D eigenvalue weighted by atomic mass is 16.5. The van der Waals surface area contributed by atoms with Crippen LogP contribution >= 0.6 is 0 Å². The van der Waals surface area contributed by atoms with Crippen molar-refractivity contribution in [1.29, 1.82) is 0 Å². The monoisotopic (exact) mass is 267 g/mol. The Labute approximate surface area is 115 Å². The lowest BCUT2D eigenvalue weighted by molar-refractivity contribution is 0.190. The van der Waals surface area contributed by atoms with Gasteiger partial charge in [-0.2, -0.15) is 0 Å². The summed E-state index contributed by atoms with van der Waals surface area (Å²) in [4.78, 5) is 2.18. The van der Waals surface area contributed by atoms with Crippen LogP contribution in [0.3, 0.4) is 0 Å². The molecule has 1 rings (SSSR count). The fraction of sp³-hybridized carbons (Fsp3) is 0.600. The van der Waals surface area contributed by atoms with Crippen LogP contribution in [0.25, 0.3) is 0 Å². The van der Waals surface area contributed by atoms with Gasteiger partial charge < -0.3 is 14.6 Å². The molecule has 1 N–H and O–H groups in total. The molecule has 0 heterocycles. The van der Waals surface area contributed by atoms with Gasteiger partial charge in [0.2, 0.25) is 0 Å². The fourth-order valence-electron chi connectivity index (χ4n) is 1.89. The van der Waals surface area contributed by atoms with E-state index in [2.05, 4.69) is 11.8 Å². The van der Waals surface area contributed by atoms with E-state index >= 15 is 0 Å². The lowest BCUT2D eigenvalue weighted by atomic mass is 10.1. The topological polar surface area (TPSA) is 41.9 Å². The predicted octanol–water partition coefficient (Wildman–Crippen LogP) is 2.30. The third kappa shape index (κ3) is 5.09. The summed E-state index contributed by atoms with van der Waals surface area (Å²) in [5.41, 5.74) is 1.12. The van der Waals surface area contributed by atoms with Gasteiger partial charge in [0.05, 0.1) is 19.8 Å². The molecule has 0 spiro atoms. The molecule has 0 unspecified atom stereocenters. The van der Waals surface area contributed by atoms with Gasteiger partial charge in [-0.3, -0.25) is 4.90 Å². The molecule has 1 aromatic carbocycles. The Morgan fingerprint density at radius 3 is 2.58 bits per heavy atom. The second kappa shape index (κ2) is 8.02. The number of rotatable bonds is 8. The SMILES string of the molecule is CCN(CCO)Cc1ccc(OC)cc1OC(C)C. The van der Waals surface area contributed by atoms with Crippen LogP contribution in [0.5, 0.6) is 11.5 Å². The number of likely N-dealkylation sites (N-methyl/N-ethyl adjacent to an activating group) is 1. The Balaban J connectivity index is 2.90. The average Bonchev–Trinajstić information content (AvgIpc) is 2.39. The Hall–Kier alpha value is -1.26. The van der Waals surface area contributed by atoms with Crippen molar-refractivity contribution < 1.29 is 14.6 Å². The second-order valence-corrected chi connectivity index (χ2v) is 4.73. The van der Waals surface area contributed by atoms with Gasteiger partial charge in [0.1, 0.15) is 11.5 Å². The number of aliphatic hydroxyl groups is 1. The Kier molecular flexibility index (Phi) is 6.67. The average molecular weight is 267 g/mol. The van der Waals surface area contributed by atoms with Crippen molar-refractivity contribution in [3.05, 3.63) is 23.8 Å². The van der Waals surface area contributed by atoms with Gasteiger partial charge in [-0.15, -0.1) is 0 Å². The van der Waals surface area contributed by atoms with E-state index in [0.717, 1.165) is 30.2 Å². The van der Waals surface area contributed by atoms with E-state index in [1.807, 2.05) is 32.0 Å². The van der Waals surface area contributed by atoms with Gasteiger partial charge in [-0.1, -0.05) is 13.0 Å². The lowest BCUT2D eigenvalue weighted by Crippen LogP contribution is -2.26. The summed E-state index contributed by atoms with van der Waals surface area (Å²) in [5.74, 6) is 1.65. The van der Waals surface area contributed by atoms with Crippen molar-refractivity contribution in [2.45, 2.75) is 33.4 Å². The van der Waals surface area contributed by atoms with Crippen LogP contribution in [0.2, 0.25) is 0 Å². The molecule has 1 aromatic rings. The maximum absolute atomic E-state index is 9.05. The third-order valence-electron chi connectivity index (χ3n) is 2.89. The van der Waals surface area contributed by atoms with Crippen molar-refractivity contribution >= 4 is 0 Å². The predicted molar refractivity (Wildman–Crippen MR) is 76.8 cm³/mol. The van der Waals surface area contributed by atoms with E-state index in [1.54, 1.807) is 7.11 Å². The second-order valence-electron chi connectivity index (χ2n) is 4.73. The standard InChI is InChI=1S/C15H25NO3/c1-5-16(8-9-17)11-13-6-7-14(18-4)10-15(13)19-12(2)3/h6-7,10,12,17H,5,8-9,11H2,1-4H3. The Morgan fingerprint density at radius 1 is 1.32 bits per heavy atom. The molecule has 0 bridgehead atoms. The molecule has 0 fully saturated rings. The summed E-state index contributed by atoms with van der Waals surface area (Å²) in [7, 11) is 1.65. The van der Waals surface area contributed by atoms with Crippen LogP contribution in [-0.2, 0) is 6.54 Å². The van der Waals surface area contributed by atoms with E-state index in [9.17, 15) is 0 Å². The molecule has 4 nitrogen and oxygen atoms in total. The number of methoxy groups -OCH3 is 1. The largest absolute Gasteiger partial charge is 0.497 e. The molecule has 19 heavy (non-hydrogen) atoms. The number of aliphatic hydroxyl groups excluding tert-OH is 1. The first-order valence-corrected chi connectivity index (χ1v) is 6.77. The first-order chi connectivity index (χ1) is 9.10. The zero-order chi connectivity index (χ0) is 14.3. The van der Waals surface area contributed by atoms with Crippen LogP contribution in [0.15, 0.2) is 18.2 Å². The van der Waals surface area contributed by atoms with Gasteiger partial charge in [0, 0.05) is 24.7 Å². The number of hydrogen-bond donors (Lipinski definition) is 1. The minimum Gasteiger partial charge on any atom is -0.497 e. The van der Waals surface area contributed by atoms with E-state index in [-0.39, 0.29) is 12.7 Å². The van der Waals surface area contributed by atoms with Crippen molar-refractivity contribution in [3.63, 3.8) is 0 Å². The minimum absolute atomic E-state index is 0.124. The van der Waals surface area contributed by atoms with Crippen molar-refractivity contribution in [3.8, 4) is 11.5 Å². The van der Waals surface area contributed by atoms with E-state index in [1.165, 1.54) is 0 Å². The third-order valence-corrected chi connectivity index (χ3v) is 2.89. The normalized spacial score (nSPS) is 11.1. The molecule has 0 aliphatic heterocycles. The number of ether oxygens (including phenoxy) is 2. The zero-order valence-corrected chi connectivity index (χ0v) is 12.3. The molecule has 0 saturated heterocycles. The van der Waals surface area contributed by atoms with Gasteiger partial charge >= 0.3 is 0 Å². The molecule has 0 aromatic heterocycles. The number of nitrogens with zero attached hydrogens (tertiary/aromatic N) is 1. The molecule has 0 aliphatic rings. The molecule has 0 radical (unpaired) electrons. The molecule has 0 amide bonds. The summed E-state index contributed by atoms with van der Waals surface area (Å²) in [6.07, 6.45) is 0.124. The summed E-state index contributed by atoms with van der Waals surface area (Å²) in [6, 6.07) is 5.88. The zero-order valence-electron chi connectivity index (χ0n) is 12.3. The Morgan fingerprint density at radius 2 is 2.05 bits per heavy atom. The van der Waals surface area contributed by atoms with Gasteiger partial charge in [0.25, 0.3) is 0 Å². The van der Waals surface area contributed by atoms with E-state index in [4.69, 9.17) is 14.6 Å². The van der Waals surface area contributed by atoms with Crippen LogP contribution in [-0.4, -0.2) is 42.9 Å². The summed E-state index contributed by atoms with van der Waals surface area (Å²) >= 11 is 0. The lowest BCUT2D eigenvalue weighted by Gasteiger charge is -2.22. The van der Waals surface area contributed by atoms with Crippen LogP contribution in [0, 0.1) is 0 Å². The smallest absolute Gasteiger partial charge is 0.127 e. The highest BCUT2D eigenvalue weighted by molar-refractivity contribution is 5.40. The number of hydrogen-bond acceptors (Lipinski definition) is 4. The highest BCUT2D eigenvalue weighted by Crippen LogP contribution is 2.27. The maximum atomic E-state index is 9.05. The van der Waals surface area contributed by atoms with Gasteiger partial charge in [0.15, 0.2) is 0 Å². The fourth-order valence-corrected chi connectivity index (χ4v) is 1.89. The molecule has 0 saturated carbocycles. The molecule has 108 valence electrons. The number of benzene rings is 1. The summed E-state index contributed by atoms with van der Waals surface area (Å²) in [6.45, 7) is 8.61. The van der Waals surface area contributed by atoms with Gasteiger partial charge in [-0.05, 0) is 26.5 Å². The molecule has 0 aliphatic carbocycles. The first-order valence-electron chi connectivity index (χ1n) is 6.77. The first kappa shape index (κ1) is 15.8. The van der Waals surface area contributed by atoms with Crippen molar-refractivity contribution in [2.75, 3.05) is 26.8 Å². The quantitative estimate of drug-likeness (QED) is 0.784. The van der Waals surface area contributed by atoms with E-state index in [0.29, 0.717) is 6.54 Å². The highest BCUT2D eigenvalue weighted by Gasteiger charge is 2.11. The molecular formula is C15H25NO3.